The number of anilines is 1. The van der Waals surface area contributed by atoms with Crippen LogP contribution in [0.2, 0.25) is 0 Å². The molecule has 0 aromatic heterocycles. The normalized spacial score (nSPS) is 29.7. The predicted molar refractivity (Wildman–Crippen MR) is 88.1 cm³/mol. The number of benzene rings is 1. The Balaban J connectivity index is 1.65. The van der Waals surface area contributed by atoms with Crippen molar-refractivity contribution in [3.63, 3.8) is 0 Å². The van der Waals surface area contributed by atoms with Crippen LogP contribution in [0.4, 0.5) is 18.9 Å². The second-order valence-electron chi connectivity index (χ2n) is 7.19. The SMILES string of the molecule is CC1(O)CCCCC1N1CCN(c2cccc(C(F)(F)F)c2)CC1. The van der Waals surface area contributed by atoms with E-state index in [-0.39, 0.29) is 6.04 Å². The minimum Gasteiger partial charge on any atom is -0.389 e. The molecule has 1 aromatic rings. The first-order chi connectivity index (χ1) is 11.3. The molecule has 3 rings (SSSR count). The minimum absolute atomic E-state index is 0.162. The number of aliphatic hydroxyl groups is 1. The quantitative estimate of drug-likeness (QED) is 0.891. The summed E-state index contributed by atoms with van der Waals surface area (Å²) in [5.41, 5.74) is -0.631. The summed E-state index contributed by atoms with van der Waals surface area (Å²) in [5.74, 6) is 0. The smallest absolute Gasteiger partial charge is 0.389 e. The summed E-state index contributed by atoms with van der Waals surface area (Å²) in [7, 11) is 0. The van der Waals surface area contributed by atoms with Gasteiger partial charge in [-0.2, -0.15) is 13.2 Å². The molecule has 1 N–H and O–H groups in total. The monoisotopic (exact) mass is 342 g/mol. The van der Waals surface area contributed by atoms with Gasteiger partial charge in [-0.25, -0.2) is 0 Å². The molecule has 1 saturated heterocycles. The van der Waals surface area contributed by atoms with Crippen LogP contribution in [0, 0.1) is 0 Å². The van der Waals surface area contributed by atoms with Crippen LogP contribution in [0.25, 0.3) is 0 Å². The number of hydrogen-bond donors (Lipinski definition) is 1. The summed E-state index contributed by atoms with van der Waals surface area (Å²) in [6, 6.07) is 5.71. The number of rotatable bonds is 2. The highest BCUT2D eigenvalue weighted by Crippen LogP contribution is 2.34. The van der Waals surface area contributed by atoms with E-state index in [9.17, 15) is 18.3 Å². The Labute approximate surface area is 141 Å². The number of hydrogen-bond acceptors (Lipinski definition) is 3. The Bertz CT molecular complexity index is 566. The van der Waals surface area contributed by atoms with E-state index in [1.54, 1.807) is 6.07 Å². The topological polar surface area (TPSA) is 26.7 Å². The molecule has 1 saturated carbocycles. The van der Waals surface area contributed by atoms with E-state index >= 15 is 0 Å². The van der Waals surface area contributed by atoms with Crippen LogP contribution < -0.4 is 4.90 Å². The van der Waals surface area contributed by atoms with E-state index in [0.29, 0.717) is 18.8 Å². The van der Waals surface area contributed by atoms with Gasteiger partial charge in [0.1, 0.15) is 0 Å². The summed E-state index contributed by atoms with van der Waals surface area (Å²) in [5, 5.41) is 10.6. The van der Waals surface area contributed by atoms with Crippen molar-refractivity contribution >= 4 is 5.69 Å². The maximum atomic E-state index is 12.9. The lowest BCUT2D eigenvalue weighted by Crippen LogP contribution is -2.58. The van der Waals surface area contributed by atoms with Crippen LogP contribution in [-0.2, 0) is 6.18 Å². The van der Waals surface area contributed by atoms with E-state index in [4.69, 9.17) is 0 Å². The van der Waals surface area contributed by atoms with Crippen molar-refractivity contribution < 1.29 is 18.3 Å². The van der Waals surface area contributed by atoms with Crippen LogP contribution in [-0.4, -0.2) is 47.8 Å². The Kier molecular flexibility index (Phi) is 4.80. The van der Waals surface area contributed by atoms with Gasteiger partial charge < -0.3 is 10.0 Å². The molecular formula is C18H25F3N2O. The molecule has 1 heterocycles. The molecule has 2 unspecified atom stereocenters. The fourth-order valence-corrected chi connectivity index (χ4v) is 4.04. The molecule has 2 fully saturated rings. The van der Waals surface area contributed by atoms with E-state index in [1.165, 1.54) is 12.1 Å². The van der Waals surface area contributed by atoms with Crippen molar-refractivity contribution in [1.82, 2.24) is 4.90 Å². The van der Waals surface area contributed by atoms with E-state index < -0.39 is 17.3 Å². The summed E-state index contributed by atoms with van der Waals surface area (Å²) in [6.45, 7) is 4.84. The predicted octanol–water partition coefficient (Wildman–Crippen LogP) is 3.52. The first-order valence-electron chi connectivity index (χ1n) is 8.66. The van der Waals surface area contributed by atoms with Crippen molar-refractivity contribution in [2.45, 2.75) is 50.4 Å². The van der Waals surface area contributed by atoms with Gasteiger partial charge >= 0.3 is 6.18 Å². The van der Waals surface area contributed by atoms with Gasteiger partial charge in [0, 0.05) is 37.9 Å². The molecule has 6 heteroatoms. The average molecular weight is 342 g/mol. The lowest BCUT2D eigenvalue weighted by atomic mass is 9.80. The van der Waals surface area contributed by atoms with Gasteiger partial charge in [0.25, 0.3) is 0 Å². The van der Waals surface area contributed by atoms with Crippen molar-refractivity contribution in [2.24, 2.45) is 0 Å². The van der Waals surface area contributed by atoms with Crippen molar-refractivity contribution in [2.75, 3.05) is 31.1 Å². The third-order valence-electron chi connectivity index (χ3n) is 5.42. The average Bonchev–Trinajstić information content (AvgIpc) is 2.54. The minimum atomic E-state index is -4.31. The van der Waals surface area contributed by atoms with Crippen LogP contribution in [0.1, 0.15) is 38.2 Å². The zero-order chi connectivity index (χ0) is 17.4. The summed E-state index contributed by atoms with van der Waals surface area (Å²) in [4.78, 5) is 4.31. The Morgan fingerprint density at radius 3 is 2.46 bits per heavy atom. The number of halogens is 3. The van der Waals surface area contributed by atoms with Crippen molar-refractivity contribution in [3.05, 3.63) is 29.8 Å². The lowest BCUT2D eigenvalue weighted by molar-refractivity contribution is -0.137. The van der Waals surface area contributed by atoms with Gasteiger partial charge in [-0.05, 0) is 38.0 Å². The zero-order valence-electron chi connectivity index (χ0n) is 14.0. The largest absolute Gasteiger partial charge is 0.416 e. The highest BCUT2D eigenvalue weighted by atomic mass is 19.4. The zero-order valence-corrected chi connectivity index (χ0v) is 14.0. The second kappa shape index (κ2) is 6.56. The molecular weight excluding hydrogens is 317 g/mol. The van der Waals surface area contributed by atoms with Crippen LogP contribution in [0.5, 0.6) is 0 Å². The summed E-state index contributed by atoms with van der Waals surface area (Å²) < 4.78 is 38.6. The van der Waals surface area contributed by atoms with Gasteiger partial charge in [0.2, 0.25) is 0 Å². The second-order valence-corrected chi connectivity index (χ2v) is 7.19. The van der Waals surface area contributed by atoms with Crippen LogP contribution in [0.3, 0.4) is 0 Å². The molecule has 2 atom stereocenters. The van der Waals surface area contributed by atoms with Crippen molar-refractivity contribution in [3.8, 4) is 0 Å². The van der Waals surface area contributed by atoms with E-state index in [0.717, 1.165) is 44.8 Å². The number of nitrogens with zero attached hydrogens (tertiary/aromatic N) is 2. The molecule has 24 heavy (non-hydrogen) atoms. The van der Waals surface area contributed by atoms with Gasteiger partial charge in [-0.1, -0.05) is 18.9 Å². The maximum Gasteiger partial charge on any atom is 0.416 e. The molecule has 3 nitrogen and oxygen atoms in total. The number of piperazine rings is 1. The number of alkyl halides is 3. The third kappa shape index (κ3) is 3.70. The molecule has 134 valence electrons. The standard InChI is InChI=1S/C18H25F3N2O/c1-17(24)8-3-2-7-16(17)23-11-9-22(10-12-23)15-6-4-5-14(13-15)18(19,20)21/h4-6,13,16,24H,2-3,7-12H2,1H3. The Morgan fingerprint density at radius 1 is 1.12 bits per heavy atom. The van der Waals surface area contributed by atoms with Gasteiger partial charge in [-0.3, -0.25) is 4.90 Å². The fourth-order valence-electron chi connectivity index (χ4n) is 4.04. The fraction of sp³-hybridized carbons (Fsp3) is 0.667. The molecule has 1 aliphatic heterocycles. The van der Waals surface area contributed by atoms with E-state index in [1.807, 2.05) is 11.8 Å². The third-order valence-corrected chi connectivity index (χ3v) is 5.42. The molecule has 0 spiro atoms. The Hall–Kier alpha value is -1.27. The van der Waals surface area contributed by atoms with Gasteiger partial charge in [0.05, 0.1) is 11.2 Å². The summed E-state index contributed by atoms with van der Waals surface area (Å²) >= 11 is 0. The van der Waals surface area contributed by atoms with Gasteiger partial charge in [0.15, 0.2) is 0 Å². The highest BCUT2D eigenvalue weighted by molar-refractivity contribution is 5.49. The molecule has 1 aromatic carbocycles. The molecule has 2 aliphatic rings. The first-order valence-corrected chi connectivity index (χ1v) is 8.66. The van der Waals surface area contributed by atoms with Gasteiger partial charge in [-0.15, -0.1) is 0 Å². The first kappa shape index (κ1) is 17.5. The molecule has 1 aliphatic carbocycles. The maximum absolute atomic E-state index is 12.9. The highest BCUT2D eigenvalue weighted by Gasteiger charge is 2.39. The molecule has 0 bridgehead atoms. The van der Waals surface area contributed by atoms with E-state index in [2.05, 4.69) is 4.90 Å². The van der Waals surface area contributed by atoms with Crippen molar-refractivity contribution in [1.29, 1.82) is 0 Å². The molecule has 0 radical (unpaired) electrons. The lowest BCUT2D eigenvalue weighted by Gasteiger charge is -2.47. The van der Waals surface area contributed by atoms with Crippen LogP contribution >= 0.6 is 0 Å². The summed E-state index contributed by atoms with van der Waals surface area (Å²) in [6.07, 6.45) is -0.289. The molecule has 0 amide bonds. The van der Waals surface area contributed by atoms with Crippen LogP contribution in [0.15, 0.2) is 24.3 Å². The Morgan fingerprint density at radius 2 is 1.83 bits per heavy atom.